The Labute approximate surface area is 80.9 Å². The van der Waals surface area contributed by atoms with Crippen LogP contribution in [-0.2, 0) is 4.79 Å². The first kappa shape index (κ1) is 8.69. The minimum Gasteiger partial charge on any atom is -0.468 e. The van der Waals surface area contributed by atoms with E-state index >= 15 is 0 Å². The summed E-state index contributed by atoms with van der Waals surface area (Å²) in [7, 11) is 0. The van der Waals surface area contributed by atoms with Crippen LogP contribution in [0.5, 0.6) is 0 Å². The molecule has 0 aliphatic carbocycles. The zero-order chi connectivity index (χ0) is 9.10. The molecule has 1 atom stereocenters. The van der Waals surface area contributed by atoms with Gasteiger partial charge in [0.25, 0.3) is 0 Å². The van der Waals surface area contributed by atoms with Gasteiger partial charge in [-0.05, 0) is 12.1 Å². The summed E-state index contributed by atoms with van der Waals surface area (Å²) < 4.78 is 5.28. The van der Waals surface area contributed by atoms with Crippen LogP contribution in [-0.4, -0.2) is 18.2 Å². The molecule has 1 aromatic rings. The number of carbonyl (C=O) groups is 1. The van der Waals surface area contributed by atoms with Crippen molar-refractivity contribution in [3.63, 3.8) is 0 Å². The number of carbonyl (C=O) groups excluding carboxylic acids is 1. The van der Waals surface area contributed by atoms with Crippen molar-refractivity contribution in [2.24, 2.45) is 0 Å². The molecule has 2 rings (SSSR count). The summed E-state index contributed by atoms with van der Waals surface area (Å²) in [5.74, 6) is 1.98. The molecule has 1 saturated heterocycles. The fourth-order valence-electron chi connectivity index (χ4n) is 1.35. The van der Waals surface area contributed by atoms with E-state index in [4.69, 9.17) is 4.42 Å². The van der Waals surface area contributed by atoms with E-state index in [2.05, 4.69) is 5.32 Å². The smallest absolute Gasteiger partial charge is 0.221 e. The molecule has 13 heavy (non-hydrogen) atoms. The maximum Gasteiger partial charge on any atom is 0.221 e. The largest absolute Gasteiger partial charge is 0.468 e. The lowest BCUT2D eigenvalue weighted by Gasteiger charge is -2.07. The van der Waals surface area contributed by atoms with Gasteiger partial charge in [0.1, 0.15) is 5.76 Å². The van der Waals surface area contributed by atoms with Crippen molar-refractivity contribution in [3.05, 3.63) is 24.2 Å². The van der Waals surface area contributed by atoms with E-state index in [1.54, 1.807) is 18.0 Å². The highest BCUT2D eigenvalue weighted by atomic mass is 32.2. The zero-order valence-electron chi connectivity index (χ0n) is 7.16. The van der Waals surface area contributed by atoms with E-state index in [9.17, 15) is 4.79 Å². The van der Waals surface area contributed by atoms with Crippen LogP contribution in [0.1, 0.15) is 17.4 Å². The highest BCUT2D eigenvalue weighted by Gasteiger charge is 2.21. The summed E-state index contributed by atoms with van der Waals surface area (Å²) in [5, 5.41) is 3.03. The van der Waals surface area contributed by atoms with E-state index < -0.39 is 0 Å². The standard InChI is InChI=1S/C9H11NO2S/c11-9-6-8(13-5-3-10-9)7-2-1-4-12-7/h1-2,4,8H,3,5-6H2,(H,10,11)/t8-/m0/s1. The molecule has 1 fully saturated rings. The minimum atomic E-state index is 0.117. The maximum absolute atomic E-state index is 11.2. The number of thioether (sulfide) groups is 1. The van der Waals surface area contributed by atoms with Crippen LogP contribution in [0.25, 0.3) is 0 Å². The second-order valence-electron chi connectivity index (χ2n) is 2.93. The number of furan rings is 1. The summed E-state index contributed by atoms with van der Waals surface area (Å²) >= 11 is 1.77. The summed E-state index contributed by atoms with van der Waals surface area (Å²) in [6.07, 6.45) is 2.18. The Hall–Kier alpha value is -0.900. The Morgan fingerprint density at radius 3 is 3.31 bits per heavy atom. The van der Waals surface area contributed by atoms with Crippen molar-refractivity contribution in [1.29, 1.82) is 0 Å². The van der Waals surface area contributed by atoms with Crippen molar-refractivity contribution >= 4 is 17.7 Å². The lowest BCUT2D eigenvalue weighted by molar-refractivity contribution is -0.120. The fraction of sp³-hybridized carbons (Fsp3) is 0.444. The Kier molecular flexibility index (Phi) is 2.59. The monoisotopic (exact) mass is 197 g/mol. The Bertz CT molecular complexity index is 284. The molecule has 1 amide bonds. The topological polar surface area (TPSA) is 42.2 Å². The van der Waals surface area contributed by atoms with Gasteiger partial charge in [0.2, 0.25) is 5.91 Å². The summed E-state index contributed by atoms with van der Waals surface area (Å²) in [6.45, 7) is 0.765. The second-order valence-corrected chi connectivity index (χ2v) is 4.24. The quantitative estimate of drug-likeness (QED) is 0.743. The average molecular weight is 197 g/mol. The van der Waals surface area contributed by atoms with E-state index in [1.807, 2.05) is 12.1 Å². The van der Waals surface area contributed by atoms with Crippen LogP contribution in [0, 0.1) is 0 Å². The zero-order valence-corrected chi connectivity index (χ0v) is 7.97. The first-order valence-electron chi connectivity index (χ1n) is 4.28. The van der Waals surface area contributed by atoms with Gasteiger partial charge in [-0.2, -0.15) is 0 Å². The van der Waals surface area contributed by atoms with Gasteiger partial charge in [-0.15, -0.1) is 11.8 Å². The van der Waals surface area contributed by atoms with E-state index in [-0.39, 0.29) is 11.2 Å². The SMILES string of the molecule is O=C1C[C@@H](c2ccco2)SCCN1. The van der Waals surface area contributed by atoms with Crippen molar-refractivity contribution in [2.45, 2.75) is 11.7 Å². The molecule has 3 nitrogen and oxygen atoms in total. The van der Waals surface area contributed by atoms with Crippen molar-refractivity contribution in [2.75, 3.05) is 12.3 Å². The van der Waals surface area contributed by atoms with Gasteiger partial charge in [0.05, 0.1) is 11.5 Å². The van der Waals surface area contributed by atoms with Gasteiger partial charge >= 0.3 is 0 Å². The average Bonchev–Trinajstić information content (AvgIpc) is 2.56. The third-order valence-electron chi connectivity index (χ3n) is 1.97. The van der Waals surface area contributed by atoms with Crippen molar-refractivity contribution in [3.8, 4) is 0 Å². The van der Waals surface area contributed by atoms with Crippen molar-refractivity contribution in [1.82, 2.24) is 5.32 Å². The van der Waals surface area contributed by atoms with E-state index in [1.165, 1.54) is 0 Å². The molecule has 1 aliphatic heterocycles. The highest BCUT2D eigenvalue weighted by Crippen LogP contribution is 2.33. The first-order valence-corrected chi connectivity index (χ1v) is 5.33. The molecular formula is C9H11NO2S. The van der Waals surface area contributed by atoms with Crippen LogP contribution in [0.3, 0.4) is 0 Å². The predicted molar refractivity (Wildman–Crippen MR) is 51.5 cm³/mol. The Morgan fingerprint density at radius 2 is 2.54 bits per heavy atom. The third kappa shape index (κ3) is 2.06. The first-order chi connectivity index (χ1) is 6.36. The molecule has 70 valence electrons. The van der Waals surface area contributed by atoms with Gasteiger partial charge in [0, 0.05) is 18.7 Å². The third-order valence-corrected chi connectivity index (χ3v) is 3.22. The van der Waals surface area contributed by atoms with Crippen molar-refractivity contribution < 1.29 is 9.21 Å². The van der Waals surface area contributed by atoms with Crippen LogP contribution >= 0.6 is 11.8 Å². The molecule has 0 bridgehead atoms. The predicted octanol–water partition coefficient (Wildman–Crippen LogP) is 1.57. The van der Waals surface area contributed by atoms with Gasteiger partial charge in [-0.25, -0.2) is 0 Å². The molecule has 0 unspecified atom stereocenters. The lowest BCUT2D eigenvalue weighted by atomic mass is 10.2. The second kappa shape index (κ2) is 3.87. The molecule has 1 aromatic heterocycles. The van der Waals surface area contributed by atoms with Crippen LogP contribution in [0.15, 0.2) is 22.8 Å². The molecule has 0 radical (unpaired) electrons. The fourth-order valence-corrected chi connectivity index (χ4v) is 2.42. The Balaban J connectivity index is 2.09. The number of hydrogen-bond acceptors (Lipinski definition) is 3. The van der Waals surface area contributed by atoms with Gasteiger partial charge in [-0.3, -0.25) is 4.79 Å². The molecule has 0 saturated carbocycles. The number of hydrogen-bond donors (Lipinski definition) is 1. The molecule has 1 N–H and O–H groups in total. The normalized spacial score (nSPS) is 23.7. The van der Waals surface area contributed by atoms with Crippen LogP contribution in [0.4, 0.5) is 0 Å². The molecule has 4 heteroatoms. The summed E-state index contributed by atoms with van der Waals surface area (Å²) in [5.41, 5.74) is 0. The molecule has 1 aliphatic rings. The Morgan fingerprint density at radius 1 is 1.62 bits per heavy atom. The van der Waals surface area contributed by atoms with Gasteiger partial charge in [-0.1, -0.05) is 0 Å². The van der Waals surface area contributed by atoms with E-state index in [0.29, 0.717) is 6.42 Å². The molecule has 0 aromatic carbocycles. The lowest BCUT2D eigenvalue weighted by Crippen LogP contribution is -2.23. The van der Waals surface area contributed by atoms with Gasteiger partial charge in [0.15, 0.2) is 0 Å². The van der Waals surface area contributed by atoms with Crippen LogP contribution < -0.4 is 5.32 Å². The molecular weight excluding hydrogens is 186 g/mol. The maximum atomic E-state index is 11.2. The van der Waals surface area contributed by atoms with Gasteiger partial charge < -0.3 is 9.73 Å². The minimum absolute atomic E-state index is 0.117. The summed E-state index contributed by atoms with van der Waals surface area (Å²) in [4.78, 5) is 11.2. The number of nitrogens with one attached hydrogen (secondary N) is 1. The van der Waals surface area contributed by atoms with E-state index in [0.717, 1.165) is 18.1 Å². The highest BCUT2D eigenvalue weighted by molar-refractivity contribution is 7.99. The summed E-state index contributed by atoms with van der Waals surface area (Å²) in [6, 6.07) is 3.79. The molecule has 0 spiro atoms. The van der Waals surface area contributed by atoms with Crippen LogP contribution in [0.2, 0.25) is 0 Å². The number of rotatable bonds is 1. The number of amides is 1. The molecule has 2 heterocycles.